The van der Waals surface area contributed by atoms with Crippen molar-refractivity contribution in [2.24, 2.45) is 0 Å². The monoisotopic (exact) mass is 312 g/mol. The van der Waals surface area contributed by atoms with Gasteiger partial charge in [0.2, 0.25) is 10.0 Å². The predicted octanol–water partition coefficient (Wildman–Crippen LogP) is 1.50. The van der Waals surface area contributed by atoms with Crippen molar-refractivity contribution >= 4 is 10.0 Å². The summed E-state index contributed by atoms with van der Waals surface area (Å²) in [5.41, 5.74) is 0.322. The molecule has 0 radical (unpaired) electrons. The van der Waals surface area contributed by atoms with Crippen LogP contribution in [0.25, 0.3) is 0 Å². The van der Waals surface area contributed by atoms with Crippen LogP contribution in [0.4, 0.5) is 0 Å². The molecule has 0 amide bonds. The number of nitrogens with one attached hydrogen (secondary N) is 1. The minimum absolute atomic E-state index is 0.00747. The smallest absolute Gasteiger partial charge is 0.242 e. The fourth-order valence-electron chi connectivity index (χ4n) is 2.38. The summed E-state index contributed by atoms with van der Waals surface area (Å²) < 4.78 is 25.5. The van der Waals surface area contributed by atoms with Crippen molar-refractivity contribution in [3.63, 3.8) is 0 Å². The first kappa shape index (κ1) is 16.4. The zero-order valence-corrected chi connectivity index (χ0v) is 13.7. The van der Waals surface area contributed by atoms with Gasteiger partial charge in [-0.25, -0.2) is 12.7 Å². The van der Waals surface area contributed by atoms with Gasteiger partial charge in [-0.05, 0) is 43.9 Å². The predicted molar refractivity (Wildman–Crippen MR) is 82.5 cm³/mol. The van der Waals surface area contributed by atoms with E-state index in [1.807, 2.05) is 13.0 Å². The Morgan fingerprint density at radius 2 is 2.05 bits per heavy atom. The minimum atomic E-state index is -3.41. The SMILES string of the molecule is CC(NCC1(O)CCC1)c1cccc(S(=O)(=O)N(C)C)c1. The number of rotatable bonds is 6. The summed E-state index contributed by atoms with van der Waals surface area (Å²) in [5, 5.41) is 13.4. The maximum atomic E-state index is 12.1. The van der Waals surface area contributed by atoms with Crippen molar-refractivity contribution in [3.05, 3.63) is 29.8 Å². The van der Waals surface area contributed by atoms with Crippen LogP contribution in [0.3, 0.4) is 0 Å². The molecule has 1 atom stereocenters. The van der Waals surface area contributed by atoms with Gasteiger partial charge in [0.25, 0.3) is 0 Å². The van der Waals surface area contributed by atoms with E-state index in [1.54, 1.807) is 18.2 Å². The van der Waals surface area contributed by atoms with E-state index in [1.165, 1.54) is 18.4 Å². The molecule has 5 nitrogen and oxygen atoms in total. The first-order chi connectivity index (χ1) is 9.74. The van der Waals surface area contributed by atoms with Crippen LogP contribution in [0.15, 0.2) is 29.2 Å². The van der Waals surface area contributed by atoms with Crippen LogP contribution in [0.2, 0.25) is 0 Å². The van der Waals surface area contributed by atoms with Crippen molar-refractivity contribution in [3.8, 4) is 0 Å². The van der Waals surface area contributed by atoms with Crippen molar-refractivity contribution in [2.45, 2.75) is 42.7 Å². The van der Waals surface area contributed by atoms with E-state index < -0.39 is 15.6 Å². The molecule has 0 aromatic heterocycles. The van der Waals surface area contributed by atoms with Crippen LogP contribution in [0.5, 0.6) is 0 Å². The summed E-state index contributed by atoms with van der Waals surface area (Å²) in [4.78, 5) is 0.293. The zero-order valence-electron chi connectivity index (χ0n) is 12.8. The Bertz CT molecular complexity index is 595. The number of aliphatic hydroxyl groups is 1. The average molecular weight is 312 g/mol. The Labute approximate surface area is 127 Å². The van der Waals surface area contributed by atoms with E-state index in [-0.39, 0.29) is 6.04 Å². The highest BCUT2D eigenvalue weighted by Crippen LogP contribution is 2.31. The highest BCUT2D eigenvalue weighted by molar-refractivity contribution is 7.89. The van der Waals surface area contributed by atoms with Crippen molar-refractivity contribution in [1.82, 2.24) is 9.62 Å². The van der Waals surface area contributed by atoms with Gasteiger partial charge in [0.15, 0.2) is 0 Å². The number of sulfonamides is 1. The Morgan fingerprint density at radius 3 is 2.57 bits per heavy atom. The third kappa shape index (κ3) is 3.63. The molecule has 1 aromatic rings. The summed E-state index contributed by atoms with van der Waals surface area (Å²) >= 11 is 0. The minimum Gasteiger partial charge on any atom is -0.389 e. The highest BCUT2D eigenvalue weighted by atomic mass is 32.2. The van der Waals surface area contributed by atoms with Gasteiger partial charge in [-0.3, -0.25) is 0 Å². The highest BCUT2D eigenvalue weighted by Gasteiger charge is 2.34. The van der Waals surface area contributed by atoms with Crippen molar-refractivity contribution in [2.75, 3.05) is 20.6 Å². The van der Waals surface area contributed by atoms with E-state index >= 15 is 0 Å². The molecule has 1 saturated carbocycles. The van der Waals surface area contributed by atoms with Gasteiger partial charge in [0.05, 0.1) is 10.5 Å². The fraction of sp³-hybridized carbons (Fsp3) is 0.600. The van der Waals surface area contributed by atoms with Crippen LogP contribution >= 0.6 is 0 Å². The van der Waals surface area contributed by atoms with E-state index in [2.05, 4.69) is 5.32 Å². The largest absolute Gasteiger partial charge is 0.389 e. The molecule has 1 aromatic carbocycles. The lowest BCUT2D eigenvalue weighted by molar-refractivity contribution is -0.0329. The number of nitrogens with zero attached hydrogens (tertiary/aromatic N) is 1. The number of benzene rings is 1. The summed E-state index contributed by atoms with van der Waals surface area (Å²) in [7, 11) is -0.366. The second kappa shape index (κ2) is 6.04. The van der Waals surface area contributed by atoms with E-state index in [9.17, 15) is 13.5 Å². The van der Waals surface area contributed by atoms with Crippen molar-refractivity contribution < 1.29 is 13.5 Å². The lowest BCUT2D eigenvalue weighted by Gasteiger charge is -2.37. The summed E-state index contributed by atoms with van der Waals surface area (Å²) in [6.07, 6.45) is 2.74. The molecule has 1 fully saturated rings. The molecule has 21 heavy (non-hydrogen) atoms. The maximum absolute atomic E-state index is 12.1. The molecule has 0 spiro atoms. The van der Waals surface area contributed by atoms with Crippen LogP contribution in [-0.2, 0) is 10.0 Å². The topological polar surface area (TPSA) is 69.6 Å². The molecule has 2 rings (SSSR count). The molecule has 1 aliphatic rings. The third-order valence-electron chi connectivity index (χ3n) is 4.16. The lowest BCUT2D eigenvalue weighted by atomic mass is 9.80. The summed E-state index contributed by atoms with van der Waals surface area (Å²) in [6.45, 7) is 2.52. The molecular formula is C15H24N2O3S. The quantitative estimate of drug-likeness (QED) is 0.835. The Balaban J connectivity index is 2.10. The maximum Gasteiger partial charge on any atom is 0.242 e. The molecule has 0 aliphatic heterocycles. The number of hydrogen-bond donors (Lipinski definition) is 2. The normalized spacial score (nSPS) is 19.3. The van der Waals surface area contributed by atoms with Gasteiger partial charge in [0.1, 0.15) is 0 Å². The fourth-order valence-corrected chi connectivity index (χ4v) is 3.33. The molecule has 0 saturated heterocycles. The molecule has 0 bridgehead atoms. The van der Waals surface area contributed by atoms with Crippen LogP contribution in [-0.4, -0.2) is 44.1 Å². The van der Waals surface area contributed by atoms with E-state index in [0.29, 0.717) is 11.4 Å². The molecule has 0 heterocycles. The number of hydrogen-bond acceptors (Lipinski definition) is 4. The van der Waals surface area contributed by atoms with Crippen LogP contribution in [0.1, 0.15) is 37.8 Å². The van der Waals surface area contributed by atoms with E-state index in [4.69, 9.17) is 0 Å². The Hall–Kier alpha value is -0.950. The molecule has 1 unspecified atom stereocenters. The van der Waals surface area contributed by atoms with Gasteiger partial charge in [-0.2, -0.15) is 0 Å². The van der Waals surface area contributed by atoms with E-state index in [0.717, 1.165) is 24.8 Å². The molecule has 118 valence electrons. The van der Waals surface area contributed by atoms with Crippen LogP contribution in [0, 0.1) is 0 Å². The second-order valence-corrected chi connectivity index (χ2v) is 8.19. The summed E-state index contributed by atoms with van der Waals surface area (Å²) in [6, 6.07) is 6.94. The van der Waals surface area contributed by atoms with Gasteiger partial charge >= 0.3 is 0 Å². The van der Waals surface area contributed by atoms with Gasteiger partial charge < -0.3 is 10.4 Å². The zero-order chi connectivity index (χ0) is 15.7. The standard InChI is InChI=1S/C15H24N2O3S/c1-12(16-11-15(18)8-5-9-15)13-6-4-7-14(10-13)21(19,20)17(2)3/h4,6-7,10,12,16,18H,5,8-9,11H2,1-3H3. The molecular weight excluding hydrogens is 288 g/mol. The molecule has 6 heteroatoms. The van der Waals surface area contributed by atoms with Gasteiger partial charge in [0, 0.05) is 26.7 Å². The van der Waals surface area contributed by atoms with Crippen molar-refractivity contribution in [1.29, 1.82) is 0 Å². The summed E-state index contributed by atoms with van der Waals surface area (Å²) in [5.74, 6) is 0. The molecule has 2 N–H and O–H groups in total. The first-order valence-electron chi connectivity index (χ1n) is 7.23. The van der Waals surface area contributed by atoms with Crippen LogP contribution < -0.4 is 5.32 Å². The van der Waals surface area contributed by atoms with Gasteiger partial charge in [-0.15, -0.1) is 0 Å². The first-order valence-corrected chi connectivity index (χ1v) is 8.67. The third-order valence-corrected chi connectivity index (χ3v) is 5.97. The average Bonchev–Trinajstić information content (AvgIpc) is 2.42. The Kier molecular flexibility index (Phi) is 4.72. The second-order valence-electron chi connectivity index (χ2n) is 6.04. The lowest BCUT2D eigenvalue weighted by Crippen LogP contribution is -2.46. The Morgan fingerprint density at radius 1 is 1.38 bits per heavy atom. The molecule has 1 aliphatic carbocycles. The van der Waals surface area contributed by atoms with Gasteiger partial charge in [-0.1, -0.05) is 12.1 Å².